The SMILES string of the molecule is Cc1cccc(Oc2c(C(F)(F)F)oc3cc(OC(=O)c4cccc(F)c4)ccc3c2=O)c1. The van der Waals surface area contributed by atoms with E-state index in [1.807, 2.05) is 0 Å². The third kappa shape index (κ3) is 4.72. The van der Waals surface area contributed by atoms with Crippen molar-refractivity contribution in [2.75, 3.05) is 0 Å². The number of aryl methyl sites for hydroxylation is 1. The van der Waals surface area contributed by atoms with Crippen LogP contribution in [0.5, 0.6) is 17.2 Å². The lowest BCUT2D eigenvalue weighted by Crippen LogP contribution is -2.15. The summed E-state index contributed by atoms with van der Waals surface area (Å²) in [5.41, 5.74) is -0.896. The molecule has 0 saturated carbocycles. The van der Waals surface area contributed by atoms with E-state index < -0.39 is 40.5 Å². The summed E-state index contributed by atoms with van der Waals surface area (Å²) in [5, 5.41) is -0.212. The van der Waals surface area contributed by atoms with Crippen molar-refractivity contribution in [3.63, 3.8) is 0 Å². The van der Waals surface area contributed by atoms with Gasteiger partial charge >= 0.3 is 12.1 Å². The van der Waals surface area contributed by atoms with Gasteiger partial charge in [-0.15, -0.1) is 0 Å². The Bertz CT molecular complexity index is 1420. The minimum Gasteiger partial charge on any atom is -0.449 e. The van der Waals surface area contributed by atoms with Crippen molar-refractivity contribution >= 4 is 16.9 Å². The van der Waals surface area contributed by atoms with Gasteiger partial charge in [-0.3, -0.25) is 4.79 Å². The summed E-state index contributed by atoms with van der Waals surface area (Å²) in [6.07, 6.45) is -5.04. The van der Waals surface area contributed by atoms with E-state index >= 15 is 0 Å². The molecule has 9 heteroatoms. The summed E-state index contributed by atoms with van der Waals surface area (Å²) in [5.74, 6) is -4.40. The summed E-state index contributed by atoms with van der Waals surface area (Å²) in [4.78, 5) is 25.0. The average Bonchev–Trinajstić information content (AvgIpc) is 2.75. The molecule has 0 aliphatic rings. The highest BCUT2D eigenvalue weighted by Crippen LogP contribution is 2.38. The molecule has 3 aromatic carbocycles. The van der Waals surface area contributed by atoms with Gasteiger partial charge < -0.3 is 13.9 Å². The highest BCUT2D eigenvalue weighted by Gasteiger charge is 2.40. The second-order valence-electron chi connectivity index (χ2n) is 7.06. The van der Waals surface area contributed by atoms with E-state index in [1.165, 1.54) is 30.3 Å². The molecule has 1 aromatic heterocycles. The van der Waals surface area contributed by atoms with Gasteiger partial charge in [0.15, 0.2) is 0 Å². The quantitative estimate of drug-likeness (QED) is 0.205. The molecule has 0 atom stereocenters. The molecule has 0 aliphatic carbocycles. The number of fused-ring (bicyclic) bond motifs is 1. The number of carbonyl (C=O) groups excluding carboxylic acids is 1. The van der Waals surface area contributed by atoms with Crippen LogP contribution in [-0.2, 0) is 6.18 Å². The summed E-state index contributed by atoms with van der Waals surface area (Å²) < 4.78 is 69.7. The van der Waals surface area contributed by atoms with E-state index in [2.05, 4.69) is 0 Å². The molecular formula is C24H14F4O5. The molecule has 0 fully saturated rings. The number of hydrogen-bond acceptors (Lipinski definition) is 5. The smallest absolute Gasteiger partial charge is 0.449 e. The summed E-state index contributed by atoms with van der Waals surface area (Å²) in [6, 6.07) is 14.2. The largest absolute Gasteiger partial charge is 0.453 e. The second kappa shape index (κ2) is 8.42. The molecule has 0 unspecified atom stereocenters. The zero-order chi connectivity index (χ0) is 23.8. The number of benzene rings is 3. The normalized spacial score (nSPS) is 11.4. The third-order valence-electron chi connectivity index (χ3n) is 4.56. The third-order valence-corrected chi connectivity index (χ3v) is 4.56. The second-order valence-corrected chi connectivity index (χ2v) is 7.06. The van der Waals surface area contributed by atoms with Gasteiger partial charge in [0.05, 0.1) is 10.9 Å². The maximum atomic E-state index is 13.7. The molecule has 5 nitrogen and oxygen atoms in total. The molecule has 33 heavy (non-hydrogen) atoms. The first kappa shape index (κ1) is 22.1. The van der Waals surface area contributed by atoms with Gasteiger partial charge in [-0.25, -0.2) is 9.18 Å². The van der Waals surface area contributed by atoms with E-state index in [4.69, 9.17) is 13.9 Å². The Morgan fingerprint density at radius 3 is 2.39 bits per heavy atom. The Morgan fingerprint density at radius 2 is 1.70 bits per heavy atom. The number of carbonyl (C=O) groups is 1. The number of esters is 1. The molecule has 0 saturated heterocycles. The van der Waals surface area contributed by atoms with Crippen LogP contribution in [0, 0.1) is 12.7 Å². The Hall–Kier alpha value is -4.14. The van der Waals surface area contributed by atoms with Gasteiger partial charge in [0.1, 0.15) is 22.9 Å². The first-order valence-corrected chi connectivity index (χ1v) is 9.52. The predicted molar refractivity (Wildman–Crippen MR) is 110 cm³/mol. The van der Waals surface area contributed by atoms with E-state index in [9.17, 15) is 27.2 Å². The monoisotopic (exact) mass is 458 g/mol. The fourth-order valence-corrected chi connectivity index (χ4v) is 3.08. The van der Waals surface area contributed by atoms with E-state index in [-0.39, 0.29) is 22.4 Å². The molecule has 0 radical (unpaired) electrons. The topological polar surface area (TPSA) is 65.7 Å². The number of rotatable bonds is 4. The molecule has 0 aliphatic heterocycles. The zero-order valence-corrected chi connectivity index (χ0v) is 16.9. The fraction of sp³-hybridized carbons (Fsp3) is 0.0833. The highest BCUT2D eigenvalue weighted by molar-refractivity contribution is 5.91. The van der Waals surface area contributed by atoms with Gasteiger partial charge in [-0.1, -0.05) is 18.2 Å². The van der Waals surface area contributed by atoms with Crippen LogP contribution in [0.25, 0.3) is 11.0 Å². The highest BCUT2D eigenvalue weighted by atomic mass is 19.4. The van der Waals surface area contributed by atoms with Crippen molar-refractivity contribution in [2.24, 2.45) is 0 Å². The van der Waals surface area contributed by atoms with Gasteiger partial charge in [0, 0.05) is 6.07 Å². The van der Waals surface area contributed by atoms with Crippen LogP contribution >= 0.6 is 0 Å². The lowest BCUT2D eigenvalue weighted by molar-refractivity contribution is -0.154. The molecule has 1 heterocycles. The average molecular weight is 458 g/mol. The van der Waals surface area contributed by atoms with Crippen molar-refractivity contribution < 1.29 is 36.2 Å². The lowest BCUT2D eigenvalue weighted by Gasteiger charge is -2.14. The molecular weight excluding hydrogens is 444 g/mol. The minimum absolute atomic E-state index is 0.0350. The predicted octanol–water partition coefficient (Wildman–Crippen LogP) is 6.27. The van der Waals surface area contributed by atoms with Crippen molar-refractivity contribution in [1.82, 2.24) is 0 Å². The lowest BCUT2D eigenvalue weighted by atomic mass is 10.2. The Morgan fingerprint density at radius 1 is 0.939 bits per heavy atom. The first-order chi connectivity index (χ1) is 15.6. The van der Waals surface area contributed by atoms with Crippen LogP contribution in [0.4, 0.5) is 17.6 Å². The summed E-state index contributed by atoms with van der Waals surface area (Å²) in [6.45, 7) is 1.72. The molecule has 0 bridgehead atoms. The zero-order valence-electron chi connectivity index (χ0n) is 16.9. The number of hydrogen-bond donors (Lipinski definition) is 0. The maximum absolute atomic E-state index is 13.7. The fourth-order valence-electron chi connectivity index (χ4n) is 3.08. The Kier molecular flexibility index (Phi) is 5.63. The molecule has 0 N–H and O–H groups in total. The Balaban J connectivity index is 1.76. The molecule has 0 spiro atoms. The van der Waals surface area contributed by atoms with Crippen LogP contribution in [0.2, 0.25) is 0 Å². The van der Waals surface area contributed by atoms with Crippen LogP contribution in [0.3, 0.4) is 0 Å². The van der Waals surface area contributed by atoms with Crippen LogP contribution in [0.15, 0.2) is 75.9 Å². The standard InChI is InChI=1S/C24H14F4O5/c1-13-4-2-7-16(10-13)31-21-20(29)18-9-8-17(12-19(18)33-22(21)24(26,27)28)32-23(30)14-5-3-6-15(25)11-14/h2-12H,1H3. The van der Waals surface area contributed by atoms with Crippen LogP contribution < -0.4 is 14.9 Å². The summed E-state index contributed by atoms with van der Waals surface area (Å²) in [7, 11) is 0. The molecule has 4 rings (SSSR count). The molecule has 4 aromatic rings. The Labute approximate surface area is 183 Å². The van der Waals surface area contributed by atoms with Gasteiger partial charge in [-0.05, 0) is 55.0 Å². The number of halogens is 4. The minimum atomic E-state index is -5.04. The van der Waals surface area contributed by atoms with Crippen molar-refractivity contribution in [3.8, 4) is 17.2 Å². The number of ether oxygens (including phenoxy) is 2. The van der Waals surface area contributed by atoms with Crippen molar-refractivity contribution in [3.05, 3.63) is 99.7 Å². The van der Waals surface area contributed by atoms with Crippen LogP contribution in [0.1, 0.15) is 21.7 Å². The maximum Gasteiger partial charge on any atom is 0.453 e. The van der Waals surface area contributed by atoms with Crippen LogP contribution in [-0.4, -0.2) is 5.97 Å². The van der Waals surface area contributed by atoms with E-state index in [1.54, 1.807) is 19.1 Å². The van der Waals surface area contributed by atoms with Gasteiger partial charge in [0.2, 0.25) is 11.2 Å². The van der Waals surface area contributed by atoms with Gasteiger partial charge in [-0.2, -0.15) is 13.2 Å². The van der Waals surface area contributed by atoms with E-state index in [0.29, 0.717) is 0 Å². The number of alkyl halides is 3. The van der Waals surface area contributed by atoms with E-state index in [0.717, 1.165) is 29.8 Å². The first-order valence-electron chi connectivity index (χ1n) is 9.52. The molecule has 168 valence electrons. The molecule has 0 amide bonds. The van der Waals surface area contributed by atoms with Gasteiger partial charge in [0.25, 0.3) is 5.76 Å². The van der Waals surface area contributed by atoms with Crippen molar-refractivity contribution in [2.45, 2.75) is 13.1 Å². The summed E-state index contributed by atoms with van der Waals surface area (Å²) >= 11 is 0. The van der Waals surface area contributed by atoms with Crippen molar-refractivity contribution in [1.29, 1.82) is 0 Å².